The lowest BCUT2D eigenvalue weighted by Crippen LogP contribution is -2.36. The number of rotatable bonds is 3. The van der Waals surface area contributed by atoms with Crippen LogP contribution in [0.25, 0.3) is 5.57 Å². The van der Waals surface area contributed by atoms with Gasteiger partial charge in [-0.3, -0.25) is 14.9 Å². The number of aromatic carboxylic acids is 1. The molecule has 4 N–H and O–H groups in total. The minimum absolute atomic E-state index is 0.223. The molecule has 7 heteroatoms. The summed E-state index contributed by atoms with van der Waals surface area (Å²) in [5.41, 5.74) is 1.30. The van der Waals surface area contributed by atoms with Gasteiger partial charge in [-0.25, -0.2) is 4.79 Å². The van der Waals surface area contributed by atoms with E-state index in [1.165, 1.54) is 24.4 Å². The molecule has 120 valence electrons. The number of fused-ring (bicyclic) bond motifs is 1. The zero-order chi connectivity index (χ0) is 17.3. The summed E-state index contributed by atoms with van der Waals surface area (Å²) in [5, 5.41) is 23.6. The van der Waals surface area contributed by atoms with Gasteiger partial charge in [-0.2, -0.15) is 0 Å². The van der Waals surface area contributed by atoms with Crippen molar-refractivity contribution in [3.8, 4) is 5.75 Å². The van der Waals surface area contributed by atoms with E-state index in [-0.39, 0.29) is 11.1 Å². The molecule has 7 nitrogen and oxygen atoms in total. The molecule has 0 unspecified atom stereocenters. The summed E-state index contributed by atoms with van der Waals surface area (Å²) in [5.74, 6) is -2.64. The molecule has 0 radical (unpaired) electrons. The molecule has 2 aromatic carbocycles. The first-order chi connectivity index (χ1) is 11.5. The maximum atomic E-state index is 12.0. The van der Waals surface area contributed by atoms with E-state index in [4.69, 9.17) is 5.11 Å². The molecule has 0 saturated heterocycles. The largest absolute Gasteiger partial charge is 0.507 e. The molecule has 0 bridgehead atoms. The Kier molecular flexibility index (Phi) is 3.75. The van der Waals surface area contributed by atoms with Crippen LogP contribution in [0.2, 0.25) is 0 Å². The van der Waals surface area contributed by atoms with Crippen molar-refractivity contribution in [1.29, 1.82) is 0 Å². The molecular weight excluding hydrogens is 312 g/mol. The number of hydrogen-bond acceptors (Lipinski definition) is 5. The van der Waals surface area contributed by atoms with E-state index in [1.54, 1.807) is 24.3 Å². The van der Waals surface area contributed by atoms with E-state index in [1.807, 2.05) is 0 Å². The molecule has 0 aliphatic carbocycles. The van der Waals surface area contributed by atoms with E-state index < -0.39 is 23.5 Å². The molecular formula is C17H12N2O5. The molecule has 1 aliphatic rings. The smallest absolute Gasteiger partial charge is 0.339 e. The Balaban J connectivity index is 1.93. The van der Waals surface area contributed by atoms with E-state index in [0.29, 0.717) is 16.8 Å². The molecule has 0 atom stereocenters. The molecule has 0 aromatic heterocycles. The highest BCUT2D eigenvalue weighted by molar-refractivity contribution is 6.31. The Morgan fingerprint density at radius 1 is 1.04 bits per heavy atom. The molecule has 0 fully saturated rings. The van der Waals surface area contributed by atoms with Crippen LogP contribution in [-0.4, -0.2) is 28.0 Å². The summed E-state index contributed by atoms with van der Waals surface area (Å²) in [7, 11) is 0. The number of phenols is 1. The monoisotopic (exact) mass is 324 g/mol. The molecule has 24 heavy (non-hydrogen) atoms. The molecule has 2 amide bonds. The summed E-state index contributed by atoms with van der Waals surface area (Å²) in [4.78, 5) is 34.7. The number of amides is 2. The highest BCUT2D eigenvalue weighted by atomic mass is 16.4. The Morgan fingerprint density at radius 3 is 2.42 bits per heavy atom. The third kappa shape index (κ3) is 2.70. The van der Waals surface area contributed by atoms with Crippen molar-refractivity contribution in [3.05, 3.63) is 65.4 Å². The zero-order valence-corrected chi connectivity index (χ0v) is 12.2. The molecule has 3 rings (SSSR count). The Morgan fingerprint density at radius 2 is 1.75 bits per heavy atom. The molecule has 2 aromatic rings. The number of carboxylic acids is 1. The first kappa shape index (κ1) is 15.3. The van der Waals surface area contributed by atoms with Crippen LogP contribution in [0, 0.1) is 0 Å². The van der Waals surface area contributed by atoms with Crippen molar-refractivity contribution in [3.63, 3.8) is 0 Å². The topological polar surface area (TPSA) is 116 Å². The SMILES string of the molecule is O=C1NC(=O)c2ccccc2/C1=C/Nc1ccc(C(=O)O)c(O)c1. The average Bonchev–Trinajstić information content (AvgIpc) is 2.54. The molecule has 1 heterocycles. The number of carboxylic acid groups (broad SMARTS) is 1. The summed E-state index contributed by atoms with van der Waals surface area (Å²) in [6, 6.07) is 10.6. The van der Waals surface area contributed by atoms with Gasteiger partial charge in [0.2, 0.25) is 0 Å². The van der Waals surface area contributed by atoms with Crippen LogP contribution < -0.4 is 10.6 Å². The summed E-state index contributed by atoms with van der Waals surface area (Å²) >= 11 is 0. The third-order valence-corrected chi connectivity index (χ3v) is 3.54. The number of nitrogens with one attached hydrogen (secondary N) is 2. The standard InChI is InChI=1S/C17H12N2O5/c20-14-7-9(5-6-12(14)17(23)24)18-8-13-10-3-1-2-4-11(10)15(21)19-16(13)22/h1-8,18,20H,(H,23,24)(H,19,21,22)/b13-8-. The second-order valence-corrected chi connectivity index (χ2v) is 5.07. The highest BCUT2D eigenvalue weighted by Crippen LogP contribution is 2.25. The molecule has 0 saturated carbocycles. The van der Waals surface area contributed by atoms with Crippen LogP contribution >= 0.6 is 0 Å². The Hall–Kier alpha value is -3.61. The van der Waals surface area contributed by atoms with Crippen LogP contribution in [0.3, 0.4) is 0 Å². The predicted octanol–water partition coefficient (Wildman–Crippen LogP) is 1.81. The van der Waals surface area contributed by atoms with Gasteiger partial charge in [0.1, 0.15) is 11.3 Å². The first-order valence-corrected chi connectivity index (χ1v) is 6.95. The Labute approximate surface area is 136 Å². The fourth-order valence-electron chi connectivity index (χ4n) is 2.38. The van der Waals surface area contributed by atoms with Crippen molar-refractivity contribution in [2.45, 2.75) is 0 Å². The lowest BCUT2D eigenvalue weighted by atomic mass is 9.96. The van der Waals surface area contributed by atoms with E-state index >= 15 is 0 Å². The van der Waals surface area contributed by atoms with Crippen LogP contribution in [-0.2, 0) is 4.79 Å². The van der Waals surface area contributed by atoms with Gasteiger partial charge in [-0.05, 0) is 18.2 Å². The summed E-state index contributed by atoms with van der Waals surface area (Å²) < 4.78 is 0. The zero-order valence-electron chi connectivity index (χ0n) is 12.2. The van der Waals surface area contributed by atoms with Crippen molar-refractivity contribution >= 4 is 29.0 Å². The summed E-state index contributed by atoms with van der Waals surface area (Å²) in [6.07, 6.45) is 1.40. The molecule has 0 spiro atoms. The van der Waals surface area contributed by atoms with Crippen molar-refractivity contribution in [1.82, 2.24) is 5.32 Å². The number of carbonyl (C=O) groups excluding carboxylic acids is 2. The second kappa shape index (κ2) is 5.88. The van der Waals surface area contributed by atoms with Gasteiger partial charge in [-0.15, -0.1) is 0 Å². The number of imide groups is 1. The van der Waals surface area contributed by atoms with Gasteiger partial charge >= 0.3 is 5.97 Å². The van der Waals surface area contributed by atoms with Gasteiger partial charge in [-0.1, -0.05) is 18.2 Å². The predicted molar refractivity (Wildman–Crippen MR) is 85.6 cm³/mol. The van der Waals surface area contributed by atoms with E-state index in [2.05, 4.69) is 10.6 Å². The molecule has 1 aliphatic heterocycles. The van der Waals surface area contributed by atoms with Crippen LogP contribution in [0.15, 0.2) is 48.7 Å². The fraction of sp³-hybridized carbons (Fsp3) is 0. The minimum atomic E-state index is -1.24. The van der Waals surface area contributed by atoms with Crippen LogP contribution in [0.4, 0.5) is 5.69 Å². The fourth-order valence-corrected chi connectivity index (χ4v) is 2.38. The highest BCUT2D eigenvalue weighted by Gasteiger charge is 2.26. The Bertz CT molecular complexity index is 902. The van der Waals surface area contributed by atoms with Gasteiger partial charge in [0.05, 0.1) is 5.57 Å². The number of carbonyl (C=O) groups is 3. The van der Waals surface area contributed by atoms with Crippen molar-refractivity contribution in [2.24, 2.45) is 0 Å². The van der Waals surface area contributed by atoms with Crippen molar-refractivity contribution in [2.75, 3.05) is 5.32 Å². The van der Waals surface area contributed by atoms with E-state index in [0.717, 1.165) is 0 Å². The number of anilines is 1. The summed E-state index contributed by atoms with van der Waals surface area (Å²) in [6.45, 7) is 0. The average molecular weight is 324 g/mol. The van der Waals surface area contributed by atoms with Gasteiger partial charge in [0, 0.05) is 29.1 Å². The van der Waals surface area contributed by atoms with Gasteiger partial charge < -0.3 is 15.5 Å². The minimum Gasteiger partial charge on any atom is -0.507 e. The van der Waals surface area contributed by atoms with Gasteiger partial charge in [0.25, 0.3) is 11.8 Å². The number of benzene rings is 2. The quantitative estimate of drug-likeness (QED) is 0.505. The van der Waals surface area contributed by atoms with Crippen molar-refractivity contribution < 1.29 is 24.6 Å². The van der Waals surface area contributed by atoms with Gasteiger partial charge in [0.15, 0.2) is 0 Å². The maximum absolute atomic E-state index is 12.0. The van der Waals surface area contributed by atoms with E-state index in [9.17, 15) is 19.5 Å². The first-order valence-electron chi connectivity index (χ1n) is 6.95. The maximum Gasteiger partial charge on any atom is 0.339 e. The third-order valence-electron chi connectivity index (χ3n) is 3.54. The van der Waals surface area contributed by atoms with Crippen LogP contribution in [0.1, 0.15) is 26.3 Å². The number of aromatic hydroxyl groups is 1. The van der Waals surface area contributed by atoms with Crippen LogP contribution in [0.5, 0.6) is 5.75 Å². The lowest BCUT2D eigenvalue weighted by Gasteiger charge is -2.18. The normalized spacial score (nSPS) is 14.9. The number of hydrogen-bond donors (Lipinski definition) is 4. The lowest BCUT2D eigenvalue weighted by molar-refractivity contribution is -0.114. The second-order valence-electron chi connectivity index (χ2n) is 5.07.